The van der Waals surface area contributed by atoms with Crippen molar-refractivity contribution in [3.63, 3.8) is 0 Å². The summed E-state index contributed by atoms with van der Waals surface area (Å²) in [5.74, 6) is -0.214. The third kappa shape index (κ3) is 5.51. The summed E-state index contributed by atoms with van der Waals surface area (Å²) in [6, 6.07) is 22.9. The molecule has 6 nitrogen and oxygen atoms in total. The van der Waals surface area contributed by atoms with Crippen LogP contribution in [0.3, 0.4) is 0 Å². The Labute approximate surface area is 183 Å². The van der Waals surface area contributed by atoms with Crippen molar-refractivity contribution in [2.75, 3.05) is 7.11 Å². The molecule has 162 valence electrons. The maximum Gasteiger partial charge on any atom is 0.252 e. The Kier molecular flexibility index (Phi) is 7.09. The zero-order valence-electron chi connectivity index (χ0n) is 17.7. The molecule has 0 aliphatic heterocycles. The van der Waals surface area contributed by atoms with E-state index in [1.165, 1.54) is 19.2 Å². The highest BCUT2D eigenvalue weighted by Crippen LogP contribution is 2.27. The standard InChI is InChI=1S/C24H26N2O4S/c1-17(2)26-31(28,29)22-16-20(14-15-21(22)30-3)24(27)25-23(18-10-6-4-7-11-18)19-12-8-5-9-13-19/h4-17,23,26H,1-3H3,(H,25,27). The molecule has 3 aromatic rings. The van der Waals surface area contributed by atoms with Crippen LogP contribution < -0.4 is 14.8 Å². The minimum absolute atomic E-state index is 0.0766. The Balaban J connectivity index is 1.97. The van der Waals surface area contributed by atoms with Gasteiger partial charge in [0.05, 0.1) is 13.2 Å². The summed E-state index contributed by atoms with van der Waals surface area (Å²) < 4.78 is 33.2. The molecule has 2 N–H and O–H groups in total. The Hall–Kier alpha value is -3.16. The molecule has 0 saturated carbocycles. The van der Waals surface area contributed by atoms with Crippen LogP contribution in [-0.2, 0) is 10.0 Å². The van der Waals surface area contributed by atoms with E-state index in [1.807, 2.05) is 60.7 Å². The lowest BCUT2D eigenvalue weighted by Crippen LogP contribution is -2.32. The van der Waals surface area contributed by atoms with Crippen LogP contribution in [0.1, 0.15) is 41.4 Å². The Morgan fingerprint density at radius 1 is 0.871 bits per heavy atom. The van der Waals surface area contributed by atoms with Crippen LogP contribution in [0.15, 0.2) is 83.8 Å². The molecule has 0 atom stereocenters. The van der Waals surface area contributed by atoms with Crippen molar-refractivity contribution in [3.8, 4) is 5.75 Å². The van der Waals surface area contributed by atoms with Gasteiger partial charge < -0.3 is 10.1 Å². The lowest BCUT2D eigenvalue weighted by molar-refractivity contribution is 0.0942. The van der Waals surface area contributed by atoms with E-state index in [9.17, 15) is 13.2 Å². The molecule has 0 aliphatic carbocycles. The molecule has 0 saturated heterocycles. The molecule has 3 rings (SSSR count). The van der Waals surface area contributed by atoms with Crippen molar-refractivity contribution in [1.82, 2.24) is 10.0 Å². The first-order valence-electron chi connectivity index (χ1n) is 9.93. The molecular formula is C24H26N2O4S. The van der Waals surface area contributed by atoms with Gasteiger partial charge in [-0.3, -0.25) is 4.79 Å². The topological polar surface area (TPSA) is 84.5 Å². The third-order valence-electron chi connectivity index (χ3n) is 4.65. The summed E-state index contributed by atoms with van der Waals surface area (Å²) >= 11 is 0. The summed E-state index contributed by atoms with van der Waals surface area (Å²) in [5, 5.41) is 3.03. The Morgan fingerprint density at radius 3 is 1.90 bits per heavy atom. The van der Waals surface area contributed by atoms with Gasteiger partial charge >= 0.3 is 0 Å². The maximum absolute atomic E-state index is 13.1. The summed E-state index contributed by atoms with van der Waals surface area (Å²) in [6.07, 6.45) is 0. The highest BCUT2D eigenvalue weighted by Gasteiger charge is 2.24. The molecule has 3 aromatic carbocycles. The molecule has 0 spiro atoms. The molecule has 0 aromatic heterocycles. The van der Waals surface area contributed by atoms with Crippen LogP contribution in [-0.4, -0.2) is 27.5 Å². The second-order valence-electron chi connectivity index (χ2n) is 7.37. The number of ether oxygens (including phenoxy) is 1. The number of carbonyl (C=O) groups is 1. The van der Waals surface area contributed by atoms with Crippen molar-refractivity contribution in [3.05, 3.63) is 95.6 Å². The van der Waals surface area contributed by atoms with Crippen LogP contribution >= 0.6 is 0 Å². The SMILES string of the molecule is COc1ccc(C(=O)NC(c2ccccc2)c2ccccc2)cc1S(=O)(=O)NC(C)C. The number of hydrogen-bond donors (Lipinski definition) is 2. The van der Waals surface area contributed by atoms with Gasteiger partial charge in [0.25, 0.3) is 5.91 Å². The van der Waals surface area contributed by atoms with Gasteiger partial charge in [-0.25, -0.2) is 13.1 Å². The number of amides is 1. The molecular weight excluding hydrogens is 412 g/mol. The number of carbonyl (C=O) groups excluding carboxylic acids is 1. The zero-order chi connectivity index (χ0) is 22.4. The second kappa shape index (κ2) is 9.76. The quantitative estimate of drug-likeness (QED) is 0.559. The number of nitrogens with one attached hydrogen (secondary N) is 2. The number of hydrogen-bond acceptors (Lipinski definition) is 4. The predicted octanol–water partition coefficient (Wildman–Crippen LogP) is 3.90. The van der Waals surface area contributed by atoms with Crippen molar-refractivity contribution in [1.29, 1.82) is 0 Å². The van der Waals surface area contributed by atoms with E-state index in [4.69, 9.17) is 4.74 Å². The minimum Gasteiger partial charge on any atom is -0.495 e. The first-order chi connectivity index (χ1) is 14.8. The van der Waals surface area contributed by atoms with E-state index in [0.717, 1.165) is 11.1 Å². The van der Waals surface area contributed by atoms with E-state index in [0.29, 0.717) is 0 Å². The van der Waals surface area contributed by atoms with Gasteiger partial charge in [-0.2, -0.15) is 0 Å². The summed E-state index contributed by atoms with van der Waals surface area (Å²) in [4.78, 5) is 13.1. The van der Waals surface area contributed by atoms with Crippen molar-refractivity contribution in [2.45, 2.75) is 30.8 Å². The maximum atomic E-state index is 13.1. The van der Waals surface area contributed by atoms with Crippen LogP contribution in [0, 0.1) is 0 Å². The molecule has 0 aliphatic rings. The van der Waals surface area contributed by atoms with Crippen molar-refractivity contribution < 1.29 is 17.9 Å². The second-order valence-corrected chi connectivity index (χ2v) is 9.05. The van der Waals surface area contributed by atoms with Gasteiger partial charge in [-0.05, 0) is 43.2 Å². The highest BCUT2D eigenvalue weighted by molar-refractivity contribution is 7.89. The smallest absolute Gasteiger partial charge is 0.252 e. The van der Waals surface area contributed by atoms with E-state index in [1.54, 1.807) is 19.9 Å². The van der Waals surface area contributed by atoms with Crippen LogP contribution in [0.2, 0.25) is 0 Å². The van der Waals surface area contributed by atoms with Crippen LogP contribution in [0.5, 0.6) is 5.75 Å². The average Bonchev–Trinajstić information content (AvgIpc) is 2.77. The summed E-state index contributed by atoms with van der Waals surface area (Å²) in [7, 11) is -2.45. The number of benzene rings is 3. The van der Waals surface area contributed by atoms with E-state index < -0.39 is 10.0 Å². The third-order valence-corrected chi connectivity index (χ3v) is 6.33. The lowest BCUT2D eigenvalue weighted by atomic mass is 9.98. The van der Waals surface area contributed by atoms with Gasteiger partial charge in [-0.15, -0.1) is 0 Å². The fraction of sp³-hybridized carbons (Fsp3) is 0.208. The van der Waals surface area contributed by atoms with E-state index >= 15 is 0 Å². The number of rotatable bonds is 8. The van der Waals surface area contributed by atoms with Gasteiger partial charge in [0.15, 0.2) is 0 Å². The highest BCUT2D eigenvalue weighted by atomic mass is 32.2. The fourth-order valence-corrected chi connectivity index (χ4v) is 4.71. The molecule has 7 heteroatoms. The van der Waals surface area contributed by atoms with Gasteiger partial charge in [-0.1, -0.05) is 60.7 Å². The normalized spacial score (nSPS) is 11.5. The molecule has 0 radical (unpaired) electrons. The molecule has 0 unspecified atom stereocenters. The average molecular weight is 439 g/mol. The van der Waals surface area contributed by atoms with Gasteiger partial charge in [0.1, 0.15) is 10.6 Å². The first-order valence-corrected chi connectivity index (χ1v) is 11.4. The predicted molar refractivity (Wildman–Crippen MR) is 121 cm³/mol. The summed E-state index contributed by atoms with van der Waals surface area (Å²) in [6.45, 7) is 3.45. The van der Waals surface area contributed by atoms with Crippen LogP contribution in [0.25, 0.3) is 0 Å². The first kappa shape index (κ1) is 22.5. The minimum atomic E-state index is -3.85. The Morgan fingerprint density at radius 2 is 1.42 bits per heavy atom. The van der Waals surface area contributed by atoms with Gasteiger partial charge in [0.2, 0.25) is 10.0 Å². The molecule has 0 bridgehead atoms. The summed E-state index contributed by atoms with van der Waals surface area (Å²) in [5.41, 5.74) is 2.07. The zero-order valence-corrected chi connectivity index (χ0v) is 18.5. The number of sulfonamides is 1. The number of methoxy groups -OCH3 is 1. The molecule has 1 amide bonds. The molecule has 31 heavy (non-hydrogen) atoms. The largest absolute Gasteiger partial charge is 0.495 e. The molecule has 0 heterocycles. The van der Waals surface area contributed by atoms with E-state index in [-0.39, 0.29) is 34.2 Å². The Bertz CT molecular complexity index is 1090. The monoisotopic (exact) mass is 438 g/mol. The van der Waals surface area contributed by atoms with Crippen LogP contribution in [0.4, 0.5) is 0 Å². The lowest BCUT2D eigenvalue weighted by Gasteiger charge is -2.20. The van der Waals surface area contributed by atoms with Gasteiger partial charge in [0, 0.05) is 11.6 Å². The van der Waals surface area contributed by atoms with Crippen molar-refractivity contribution in [2.24, 2.45) is 0 Å². The van der Waals surface area contributed by atoms with E-state index in [2.05, 4.69) is 10.0 Å². The fourth-order valence-electron chi connectivity index (χ4n) is 3.27. The van der Waals surface area contributed by atoms with Crippen molar-refractivity contribution >= 4 is 15.9 Å². The molecule has 0 fully saturated rings.